The van der Waals surface area contributed by atoms with E-state index < -0.39 is 5.60 Å². The van der Waals surface area contributed by atoms with Gasteiger partial charge >= 0.3 is 5.97 Å². The molecule has 0 atom stereocenters. The summed E-state index contributed by atoms with van der Waals surface area (Å²) in [6.45, 7) is 5.51. The van der Waals surface area contributed by atoms with E-state index >= 15 is 0 Å². The Balaban J connectivity index is 0.000000401. The van der Waals surface area contributed by atoms with Gasteiger partial charge in [0.05, 0.1) is 28.5 Å². The average molecular weight is 448 g/mol. The highest BCUT2D eigenvalue weighted by Crippen LogP contribution is 2.42. The third-order valence-corrected chi connectivity index (χ3v) is 5.92. The number of nitrogens with one attached hydrogen (secondary N) is 1. The number of nitrogens with zero attached hydrogens (tertiary/aromatic N) is 2. The lowest BCUT2D eigenvalue weighted by Gasteiger charge is -2.33. The highest BCUT2D eigenvalue weighted by Gasteiger charge is 2.30. The summed E-state index contributed by atoms with van der Waals surface area (Å²) in [5, 5.41) is 14.5. The summed E-state index contributed by atoms with van der Waals surface area (Å²) >= 11 is 6.34. The van der Waals surface area contributed by atoms with Crippen LogP contribution in [0.1, 0.15) is 81.3 Å². The number of amides is 1. The van der Waals surface area contributed by atoms with Crippen LogP contribution in [0.25, 0.3) is 11.0 Å². The van der Waals surface area contributed by atoms with Gasteiger partial charge in [-0.1, -0.05) is 11.6 Å². The molecule has 0 unspecified atom stereocenters. The minimum absolute atomic E-state index is 0.0994. The standard InChI is InChI=1S/C19H22ClN3O2.C4H8O2/c1-19(25)6-4-14(5-7-19)22-18(24)13-8-12-9-15(20)16(11-2-3-11)23-17(12)21-10-13;1-3-6-4(2)5/h8-11,14,25H,2-7H2,1H3,(H,22,24);3H2,1-2H3. The second-order valence-electron chi connectivity index (χ2n) is 8.57. The predicted molar refractivity (Wildman–Crippen MR) is 119 cm³/mol. The zero-order chi connectivity index (χ0) is 22.6. The molecule has 0 radical (unpaired) electrons. The number of fused-ring (bicyclic) bond motifs is 1. The van der Waals surface area contributed by atoms with Gasteiger partial charge in [0, 0.05) is 30.5 Å². The van der Waals surface area contributed by atoms with Crippen LogP contribution in [0.4, 0.5) is 0 Å². The Bertz CT molecular complexity index is 949. The van der Waals surface area contributed by atoms with Gasteiger partial charge in [0.15, 0.2) is 5.65 Å². The third-order valence-electron chi connectivity index (χ3n) is 5.62. The monoisotopic (exact) mass is 447 g/mol. The normalized spacial score (nSPS) is 22.9. The van der Waals surface area contributed by atoms with Crippen LogP contribution in [0.5, 0.6) is 0 Å². The van der Waals surface area contributed by atoms with E-state index in [4.69, 9.17) is 11.6 Å². The van der Waals surface area contributed by atoms with Crippen molar-refractivity contribution in [3.8, 4) is 0 Å². The molecule has 0 aromatic carbocycles. The summed E-state index contributed by atoms with van der Waals surface area (Å²) in [5.41, 5.74) is 1.47. The zero-order valence-electron chi connectivity index (χ0n) is 18.3. The Morgan fingerprint density at radius 2 is 1.94 bits per heavy atom. The van der Waals surface area contributed by atoms with Gasteiger partial charge in [-0.15, -0.1) is 0 Å². The summed E-state index contributed by atoms with van der Waals surface area (Å²) in [4.78, 5) is 31.3. The molecular formula is C23H30ClN3O4. The fourth-order valence-corrected chi connectivity index (χ4v) is 3.99. The first kappa shape index (κ1) is 23.4. The fourth-order valence-electron chi connectivity index (χ4n) is 3.68. The molecule has 8 heteroatoms. The highest BCUT2D eigenvalue weighted by atomic mass is 35.5. The number of carbonyl (C=O) groups excluding carboxylic acids is 2. The van der Waals surface area contributed by atoms with Gasteiger partial charge < -0.3 is 15.2 Å². The van der Waals surface area contributed by atoms with Crippen molar-refractivity contribution in [1.82, 2.24) is 15.3 Å². The molecule has 0 spiro atoms. The molecule has 7 nitrogen and oxygen atoms in total. The summed E-state index contributed by atoms with van der Waals surface area (Å²) in [6, 6.07) is 3.76. The van der Waals surface area contributed by atoms with Crippen LogP contribution in [0.3, 0.4) is 0 Å². The van der Waals surface area contributed by atoms with Crippen molar-refractivity contribution in [2.24, 2.45) is 0 Å². The van der Waals surface area contributed by atoms with Crippen molar-refractivity contribution < 1.29 is 19.4 Å². The Morgan fingerprint density at radius 1 is 1.26 bits per heavy atom. The molecule has 2 fully saturated rings. The van der Waals surface area contributed by atoms with Gasteiger partial charge in [0.2, 0.25) is 0 Å². The van der Waals surface area contributed by atoms with E-state index in [9.17, 15) is 14.7 Å². The van der Waals surface area contributed by atoms with Gasteiger partial charge in [0.1, 0.15) is 0 Å². The number of carbonyl (C=O) groups is 2. The van der Waals surface area contributed by atoms with Crippen LogP contribution >= 0.6 is 11.6 Å². The van der Waals surface area contributed by atoms with E-state index in [0.717, 1.165) is 36.8 Å². The van der Waals surface area contributed by atoms with Crippen molar-refractivity contribution >= 4 is 34.5 Å². The molecule has 168 valence electrons. The second-order valence-corrected chi connectivity index (χ2v) is 8.98. The average Bonchev–Trinajstić information content (AvgIpc) is 3.54. The van der Waals surface area contributed by atoms with Gasteiger partial charge in [0.25, 0.3) is 5.91 Å². The quantitative estimate of drug-likeness (QED) is 0.682. The molecular weight excluding hydrogens is 418 g/mol. The van der Waals surface area contributed by atoms with E-state index in [1.54, 1.807) is 19.2 Å². The first-order chi connectivity index (χ1) is 14.7. The lowest BCUT2D eigenvalue weighted by Crippen LogP contribution is -2.42. The van der Waals surface area contributed by atoms with Gasteiger partial charge in [-0.2, -0.15) is 0 Å². The number of esters is 1. The van der Waals surface area contributed by atoms with Gasteiger partial charge in [-0.05, 0) is 64.5 Å². The Morgan fingerprint density at radius 3 is 2.48 bits per heavy atom. The summed E-state index contributed by atoms with van der Waals surface area (Å²) < 4.78 is 4.40. The molecule has 0 saturated heterocycles. The largest absolute Gasteiger partial charge is 0.466 e. The highest BCUT2D eigenvalue weighted by molar-refractivity contribution is 6.32. The van der Waals surface area contributed by atoms with Crippen LogP contribution in [0.2, 0.25) is 5.02 Å². The lowest BCUT2D eigenvalue weighted by molar-refractivity contribution is -0.140. The number of halogens is 1. The van der Waals surface area contributed by atoms with Crippen molar-refractivity contribution in [3.05, 3.63) is 34.6 Å². The number of aromatic nitrogens is 2. The molecule has 2 saturated carbocycles. The maximum Gasteiger partial charge on any atom is 0.302 e. The summed E-state index contributed by atoms with van der Waals surface area (Å²) in [7, 11) is 0. The molecule has 0 aliphatic heterocycles. The number of pyridine rings is 2. The SMILES string of the molecule is CC1(O)CCC(NC(=O)c2cnc3nc(C4CC4)c(Cl)cc3c2)CC1.CCOC(C)=O. The molecule has 31 heavy (non-hydrogen) atoms. The van der Waals surface area contributed by atoms with E-state index in [2.05, 4.69) is 20.0 Å². The van der Waals surface area contributed by atoms with Crippen molar-refractivity contribution in [2.45, 2.75) is 76.9 Å². The van der Waals surface area contributed by atoms with E-state index in [-0.39, 0.29) is 17.9 Å². The smallest absolute Gasteiger partial charge is 0.302 e. The lowest BCUT2D eigenvalue weighted by atomic mass is 9.83. The van der Waals surface area contributed by atoms with Crippen LogP contribution in [0.15, 0.2) is 18.3 Å². The molecule has 1 amide bonds. The Hall–Kier alpha value is -2.25. The van der Waals surface area contributed by atoms with E-state index in [1.165, 1.54) is 6.92 Å². The van der Waals surface area contributed by atoms with Crippen LogP contribution in [-0.2, 0) is 9.53 Å². The molecule has 2 aliphatic rings. The molecule has 2 aromatic rings. The number of hydrogen-bond donors (Lipinski definition) is 2. The van der Waals surface area contributed by atoms with Gasteiger partial charge in [-0.25, -0.2) is 9.97 Å². The van der Waals surface area contributed by atoms with E-state index in [1.807, 2.05) is 13.0 Å². The fraction of sp³-hybridized carbons (Fsp3) is 0.565. The minimum atomic E-state index is -0.604. The minimum Gasteiger partial charge on any atom is -0.466 e. The first-order valence-electron chi connectivity index (χ1n) is 10.8. The van der Waals surface area contributed by atoms with E-state index in [0.29, 0.717) is 41.6 Å². The molecule has 2 N–H and O–H groups in total. The maximum atomic E-state index is 12.5. The third kappa shape index (κ3) is 6.61. The first-order valence-corrected chi connectivity index (χ1v) is 11.2. The van der Waals surface area contributed by atoms with Crippen LogP contribution in [0, 0.1) is 0 Å². The van der Waals surface area contributed by atoms with Crippen molar-refractivity contribution in [2.75, 3.05) is 6.61 Å². The molecule has 4 rings (SSSR count). The Kier molecular flexibility index (Phi) is 7.49. The number of aliphatic hydroxyl groups is 1. The topological polar surface area (TPSA) is 101 Å². The number of rotatable bonds is 4. The zero-order valence-corrected chi connectivity index (χ0v) is 19.0. The molecule has 2 heterocycles. The predicted octanol–water partition coefficient (Wildman–Crippen LogP) is 4.15. The summed E-state index contributed by atoms with van der Waals surface area (Å²) in [5.74, 6) is 0.117. The summed E-state index contributed by atoms with van der Waals surface area (Å²) in [6.07, 6.45) is 6.83. The van der Waals surface area contributed by atoms with Crippen LogP contribution in [-0.4, -0.2) is 45.2 Å². The van der Waals surface area contributed by atoms with Crippen LogP contribution < -0.4 is 5.32 Å². The molecule has 0 bridgehead atoms. The van der Waals surface area contributed by atoms with Crippen molar-refractivity contribution in [1.29, 1.82) is 0 Å². The Labute approximate surface area is 187 Å². The maximum absolute atomic E-state index is 12.5. The molecule has 2 aliphatic carbocycles. The van der Waals surface area contributed by atoms with Gasteiger partial charge in [-0.3, -0.25) is 9.59 Å². The second kappa shape index (κ2) is 9.92. The van der Waals surface area contributed by atoms with Crippen molar-refractivity contribution in [3.63, 3.8) is 0 Å². The molecule has 2 aromatic heterocycles. The number of ether oxygens (including phenoxy) is 1. The number of hydrogen-bond acceptors (Lipinski definition) is 6.